The molecule has 0 saturated carbocycles. The van der Waals surface area contributed by atoms with Gasteiger partial charge in [-0.25, -0.2) is 0 Å². The van der Waals surface area contributed by atoms with Crippen molar-refractivity contribution < 1.29 is 38.7 Å². The van der Waals surface area contributed by atoms with Crippen LogP contribution in [-0.4, -0.2) is 87.7 Å². The SMILES string of the molecule is C=C/C=C\CCC1OC2CCC3(C)OC4C(O)CC5(C)OC(CC/C=C(C)/C(C)=C/C(=O)c6cccc7ccccc67)C(C)CC5OC4CC3OC2CCC1(C)O. The Morgan fingerprint density at radius 1 is 0.860 bits per heavy atom. The lowest BCUT2D eigenvalue weighted by Crippen LogP contribution is -2.59. The van der Waals surface area contributed by atoms with Crippen LogP contribution in [0.2, 0.25) is 0 Å². The molecule has 0 amide bonds. The number of ketones is 1. The number of rotatable bonds is 10. The molecule has 2 aromatic rings. The summed E-state index contributed by atoms with van der Waals surface area (Å²) in [5.74, 6) is 0.275. The Hall–Kier alpha value is -2.95. The molecule has 0 bridgehead atoms. The molecule has 13 atom stereocenters. The van der Waals surface area contributed by atoms with E-state index in [1.54, 1.807) is 12.2 Å². The average molecular weight is 783 g/mol. The van der Waals surface area contributed by atoms with Crippen molar-refractivity contribution in [3.63, 3.8) is 0 Å². The summed E-state index contributed by atoms with van der Waals surface area (Å²) in [6.07, 6.45) is 15.1. The topological polar surface area (TPSA) is 104 Å². The van der Waals surface area contributed by atoms with Crippen LogP contribution in [0, 0.1) is 5.92 Å². The van der Waals surface area contributed by atoms with Gasteiger partial charge in [-0.05, 0) is 121 Å². The molecule has 5 aliphatic rings. The van der Waals surface area contributed by atoms with Crippen molar-refractivity contribution in [2.24, 2.45) is 5.92 Å². The minimum Gasteiger partial charge on any atom is -0.390 e. The number of carbonyl (C=O) groups excluding carboxylic acids is 1. The van der Waals surface area contributed by atoms with Crippen molar-refractivity contribution in [3.05, 3.63) is 96.1 Å². The lowest BCUT2D eigenvalue weighted by molar-refractivity contribution is -0.273. The van der Waals surface area contributed by atoms with Crippen LogP contribution in [0.3, 0.4) is 0 Å². The highest BCUT2D eigenvalue weighted by Crippen LogP contribution is 2.49. The van der Waals surface area contributed by atoms with Crippen LogP contribution in [0.1, 0.15) is 123 Å². The van der Waals surface area contributed by atoms with Gasteiger partial charge in [0.05, 0.1) is 65.6 Å². The summed E-state index contributed by atoms with van der Waals surface area (Å²) >= 11 is 0. The number of aliphatic hydroxyl groups is 2. The third-order valence-corrected chi connectivity index (χ3v) is 14.0. The van der Waals surface area contributed by atoms with Gasteiger partial charge in [0.2, 0.25) is 0 Å². The first-order chi connectivity index (χ1) is 27.2. The molecule has 310 valence electrons. The molecule has 0 aliphatic carbocycles. The maximum absolute atomic E-state index is 13.3. The largest absolute Gasteiger partial charge is 0.390 e. The molecule has 5 saturated heterocycles. The second-order valence-corrected chi connectivity index (χ2v) is 18.4. The van der Waals surface area contributed by atoms with Crippen LogP contribution in [0.4, 0.5) is 0 Å². The van der Waals surface area contributed by atoms with E-state index in [2.05, 4.69) is 46.4 Å². The predicted molar refractivity (Wildman–Crippen MR) is 224 cm³/mol. The van der Waals surface area contributed by atoms with Crippen molar-refractivity contribution in [2.75, 3.05) is 0 Å². The van der Waals surface area contributed by atoms with E-state index in [9.17, 15) is 15.0 Å². The highest BCUT2D eigenvalue weighted by Gasteiger charge is 2.58. The second-order valence-electron chi connectivity index (χ2n) is 18.4. The zero-order valence-corrected chi connectivity index (χ0v) is 35.0. The molecular weight excluding hydrogens is 717 g/mol. The van der Waals surface area contributed by atoms with Crippen LogP contribution in [0.25, 0.3) is 10.8 Å². The van der Waals surface area contributed by atoms with Gasteiger partial charge in [0.15, 0.2) is 5.78 Å². The number of hydrogen-bond acceptors (Lipinski definition) is 8. The molecule has 5 heterocycles. The van der Waals surface area contributed by atoms with Crippen molar-refractivity contribution in [3.8, 4) is 0 Å². The van der Waals surface area contributed by atoms with E-state index in [1.165, 1.54) is 0 Å². The van der Waals surface area contributed by atoms with Gasteiger partial charge in [0, 0.05) is 18.4 Å². The Morgan fingerprint density at radius 2 is 1.58 bits per heavy atom. The molecule has 5 fully saturated rings. The molecule has 0 aromatic heterocycles. The Balaban J connectivity index is 0.980. The average Bonchev–Trinajstić information content (AvgIpc) is 3.44. The summed E-state index contributed by atoms with van der Waals surface area (Å²) in [7, 11) is 0. The van der Waals surface area contributed by atoms with Crippen LogP contribution < -0.4 is 0 Å². The molecular formula is C49H66O8. The van der Waals surface area contributed by atoms with Gasteiger partial charge in [-0.3, -0.25) is 4.79 Å². The molecule has 8 heteroatoms. The monoisotopic (exact) mass is 782 g/mol. The number of benzene rings is 2. The van der Waals surface area contributed by atoms with Crippen molar-refractivity contribution >= 4 is 16.6 Å². The van der Waals surface area contributed by atoms with E-state index in [0.29, 0.717) is 25.7 Å². The number of hydrogen-bond donors (Lipinski definition) is 2. The van der Waals surface area contributed by atoms with Gasteiger partial charge >= 0.3 is 0 Å². The standard InChI is InChI=1S/C49H66O8/c1-8-9-10-11-22-43-47(5,52)25-23-40-41(53-43)24-26-48(6)45(54-40)29-42-46(57-48)38(51)30-49(7)44(55-42)28-33(4)39(56-49)21-14-16-31(2)32(3)27-37(50)36-20-15-18-34-17-12-13-19-35(34)36/h8-10,12-13,15-20,27,33,38-46,51-52H,1,11,14,21-26,28-30H2,2-7H3/b10-9-,31-16+,32-27+. The number of carbonyl (C=O) groups is 1. The van der Waals surface area contributed by atoms with Gasteiger partial charge in [0.1, 0.15) is 6.10 Å². The fourth-order valence-corrected chi connectivity index (χ4v) is 10.2. The van der Waals surface area contributed by atoms with Gasteiger partial charge < -0.3 is 33.9 Å². The maximum atomic E-state index is 13.3. The van der Waals surface area contributed by atoms with E-state index in [0.717, 1.165) is 72.4 Å². The summed E-state index contributed by atoms with van der Waals surface area (Å²) in [5.41, 5.74) is 0.560. The lowest BCUT2D eigenvalue weighted by Gasteiger charge is -2.49. The smallest absolute Gasteiger partial charge is 0.186 e. The van der Waals surface area contributed by atoms with E-state index < -0.39 is 29.0 Å². The van der Waals surface area contributed by atoms with E-state index in [-0.39, 0.29) is 54.4 Å². The first-order valence-corrected chi connectivity index (χ1v) is 21.6. The molecule has 57 heavy (non-hydrogen) atoms. The van der Waals surface area contributed by atoms with Crippen LogP contribution in [-0.2, 0) is 23.7 Å². The Labute approximate surface area is 340 Å². The first kappa shape index (κ1) is 42.2. The molecule has 8 nitrogen and oxygen atoms in total. The summed E-state index contributed by atoms with van der Waals surface area (Å²) in [6, 6.07) is 13.9. The molecule has 2 N–H and O–H groups in total. The van der Waals surface area contributed by atoms with E-state index in [1.807, 2.05) is 62.4 Å². The lowest BCUT2D eigenvalue weighted by atomic mass is 9.79. The highest BCUT2D eigenvalue weighted by atomic mass is 16.6. The predicted octanol–water partition coefficient (Wildman–Crippen LogP) is 9.31. The number of ether oxygens (including phenoxy) is 5. The number of allylic oxidation sites excluding steroid dienone is 7. The van der Waals surface area contributed by atoms with Gasteiger partial charge in [0.25, 0.3) is 0 Å². The van der Waals surface area contributed by atoms with E-state index >= 15 is 0 Å². The Bertz CT molecular complexity index is 1840. The molecule has 0 spiro atoms. The second kappa shape index (κ2) is 17.3. The Kier molecular flexibility index (Phi) is 12.8. The fraction of sp³-hybridized carbons (Fsp3) is 0.612. The quantitative estimate of drug-likeness (QED) is 0.140. The van der Waals surface area contributed by atoms with Crippen LogP contribution in [0.5, 0.6) is 0 Å². The zero-order chi connectivity index (χ0) is 40.5. The van der Waals surface area contributed by atoms with Crippen LogP contribution >= 0.6 is 0 Å². The van der Waals surface area contributed by atoms with Crippen molar-refractivity contribution in [1.82, 2.24) is 0 Å². The van der Waals surface area contributed by atoms with Crippen molar-refractivity contribution in [1.29, 1.82) is 0 Å². The maximum Gasteiger partial charge on any atom is 0.186 e. The summed E-state index contributed by atoms with van der Waals surface area (Å²) in [5, 5.41) is 25.3. The minimum absolute atomic E-state index is 0.00639. The number of fused-ring (bicyclic) bond motifs is 5. The van der Waals surface area contributed by atoms with Gasteiger partial charge in [-0.15, -0.1) is 0 Å². The first-order valence-electron chi connectivity index (χ1n) is 21.6. The molecule has 13 unspecified atom stereocenters. The molecule has 7 rings (SSSR count). The van der Waals surface area contributed by atoms with Crippen molar-refractivity contribution in [2.45, 2.75) is 184 Å². The highest BCUT2D eigenvalue weighted by molar-refractivity contribution is 6.13. The van der Waals surface area contributed by atoms with Crippen LogP contribution in [0.15, 0.2) is 90.6 Å². The van der Waals surface area contributed by atoms with E-state index in [4.69, 9.17) is 23.7 Å². The van der Waals surface area contributed by atoms with Gasteiger partial charge in [-0.2, -0.15) is 0 Å². The molecule has 5 aliphatic heterocycles. The third kappa shape index (κ3) is 9.13. The fourth-order valence-electron chi connectivity index (χ4n) is 10.2. The Morgan fingerprint density at radius 3 is 2.39 bits per heavy atom. The summed E-state index contributed by atoms with van der Waals surface area (Å²) < 4.78 is 34.5. The summed E-state index contributed by atoms with van der Waals surface area (Å²) in [6.45, 7) is 16.2. The summed E-state index contributed by atoms with van der Waals surface area (Å²) in [4.78, 5) is 13.3. The minimum atomic E-state index is -0.937. The normalized spacial score (nSPS) is 40.2. The third-order valence-electron chi connectivity index (χ3n) is 14.0. The van der Waals surface area contributed by atoms with Gasteiger partial charge in [-0.1, -0.05) is 85.8 Å². The zero-order valence-electron chi connectivity index (χ0n) is 35.0. The molecule has 0 radical (unpaired) electrons. The molecule has 2 aromatic carbocycles. The number of aliphatic hydroxyl groups excluding tert-OH is 1.